The Morgan fingerprint density at radius 3 is 2.32 bits per heavy atom. The van der Waals surface area contributed by atoms with Crippen molar-refractivity contribution in [1.29, 1.82) is 0 Å². The summed E-state index contributed by atoms with van der Waals surface area (Å²) in [6.45, 7) is 1.77. The Hall–Kier alpha value is -1.51. The van der Waals surface area contributed by atoms with Crippen LogP contribution in [-0.4, -0.2) is 18.3 Å². The summed E-state index contributed by atoms with van der Waals surface area (Å²) in [7, 11) is 0. The van der Waals surface area contributed by atoms with Crippen molar-refractivity contribution in [3.63, 3.8) is 0 Å². The van der Waals surface area contributed by atoms with E-state index in [1.807, 2.05) is 42.5 Å². The summed E-state index contributed by atoms with van der Waals surface area (Å²) in [4.78, 5) is 2.23. The number of halogens is 1. The van der Waals surface area contributed by atoms with Gasteiger partial charge in [0.15, 0.2) is 0 Å². The molecule has 2 aromatic rings. The van der Waals surface area contributed by atoms with Crippen molar-refractivity contribution in [2.75, 3.05) is 18.1 Å². The summed E-state index contributed by atoms with van der Waals surface area (Å²) in [6.07, 6.45) is 0.749. The summed E-state index contributed by atoms with van der Waals surface area (Å²) in [6, 6.07) is 18.1. The fourth-order valence-electron chi connectivity index (χ4n) is 2.03. The molecule has 0 aliphatic rings. The highest BCUT2D eigenvalue weighted by Crippen LogP contribution is 2.21. The predicted octanol–water partition coefficient (Wildman–Crippen LogP) is 3.73. The number of benzene rings is 2. The van der Waals surface area contributed by atoms with E-state index in [0.29, 0.717) is 0 Å². The Kier molecular flexibility index (Phi) is 5.25. The summed E-state index contributed by atoms with van der Waals surface area (Å²) in [5, 5.41) is 9.81. The van der Waals surface area contributed by atoms with E-state index < -0.39 is 0 Å². The van der Waals surface area contributed by atoms with Crippen LogP contribution in [0.2, 0.25) is 5.02 Å². The minimum atomic E-state index is 0.200. The van der Waals surface area contributed by atoms with Gasteiger partial charge in [0.2, 0.25) is 0 Å². The van der Waals surface area contributed by atoms with Crippen LogP contribution < -0.4 is 4.90 Å². The maximum absolute atomic E-state index is 9.03. The Bertz CT molecular complexity index is 501. The van der Waals surface area contributed by atoms with Crippen molar-refractivity contribution in [2.24, 2.45) is 0 Å². The molecule has 0 heterocycles. The monoisotopic (exact) mass is 275 g/mol. The lowest BCUT2D eigenvalue weighted by molar-refractivity contribution is 0.289. The van der Waals surface area contributed by atoms with Gasteiger partial charge in [0.1, 0.15) is 0 Å². The molecule has 0 saturated heterocycles. The van der Waals surface area contributed by atoms with E-state index in [0.717, 1.165) is 35.8 Å². The van der Waals surface area contributed by atoms with E-state index in [9.17, 15) is 0 Å². The highest BCUT2D eigenvalue weighted by atomic mass is 35.5. The van der Waals surface area contributed by atoms with Gasteiger partial charge in [-0.2, -0.15) is 0 Å². The molecule has 0 amide bonds. The molecule has 2 aromatic carbocycles. The van der Waals surface area contributed by atoms with Crippen molar-refractivity contribution in [1.82, 2.24) is 0 Å². The first-order chi connectivity index (χ1) is 9.31. The first-order valence-electron chi connectivity index (χ1n) is 6.45. The topological polar surface area (TPSA) is 23.5 Å². The molecule has 0 fully saturated rings. The smallest absolute Gasteiger partial charge is 0.0455 e. The number of nitrogens with zero attached hydrogens (tertiary/aromatic N) is 1. The van der Waals surface area contributed by atoms with Crippen LogP contribution in [0.5, 0.6) is 0 Å². The third-order valence-electron chi connectivity index (χ3n) is 3.03. The number of rotatable bonds is 6. The van der Waals surface area contributed by atoms with Crippen molar-refractivity contribution >= 4 is 17.3 Å². The molecule has 0 unspecified atom stereocenters. The standard InChI is InChI=1S/C16H18ClNO/c17-16-10-5-4-7-14(16)13-18(11-6-12-19)15-8-2-1-3-9-15/h1-5,7-10,19H,6,11-13H2. The average Bonchev–Trinajstić information content (AvgIpc) is 2.46. The Morgan fingerprint density at radius 1 is 0.947 bits per heavy atom. The molecule has 2 nitrogen and oxygen atoms in total. The van der Waals surface area contributed by atoms with Crippen molar-refractivity contribution < 1.29 is 5.11 Å². The third kappa shape index (κ3) is 3.98. The van der Waals surface area contributed by atoms with Gasteiger partial charge in [0.05, 0.1) is 0 Å². The molecule has 100 valence electrons. The zero-order valence-electron chi connectivity index (χ0n) is 10.8. The van der Waals surface area contributed by atoms with E-state index in [2.05, 4.69) is 17.0 Å². The molecule has 1 N–H and O–H groups in total. The zero-order chi connectivity index (χ0) is 13.5. The predicted molar refractivity (Wildman–Crippen MR) is 80.6 cm³/mol. The second-order valence-corrected chi connectivity index (χ2v) is 4.83. The van der Waals surface area contributed by atoms with Crippen LogP contribution in [0.15, 0.2) is 54.6 Å². The Balaban J connectivity index is 2.17. The quantitative estimate of drug-likeness (QED) is 0.868. The number of para-hydroxylation sites is 1. The van der Waals surface area contributed by atoms with E-state index in [4.69, 9.17) is 16.7 Å². The number of aliphatic hydroxyl groups is 1. The first kappa shape index (κ1) is 13.9. The molecule has 0 bridgehead atoms. The maximum atomic E-state index is 9.03. The molecule has 0 aliphatic heterocycles. The van der Waals surface area contributed by atoms with E-state index >= 15 is 0 Å². The van der Waals surface area contributed by atoms with Gasteiger partial charge in [-0.3, -0.25) is 0 Å². The van der Waals surface area contributed by atoms with E-state index in [-0.39, 0.29) is 6.61 Å². The second kappa shape index (κ2) is 7.17. The third-order valence-corrected chi connectivity index (χ3v) is 3.40. The Morgan fingerprint density at radius 2 is 1.63 bits per heavy atom. The number of aliphatic hydroxyl groups excluding tert-OH is 1. The molecule has 19 heavy (non-hydrogen) atoms. The SMILES string of the molecule is OCCCN(Cc1ccccc1Cl)c1ccccc1. The Labute approximate surface area is 119 Å². The minimum Gasteiger partial charge on any atom is -0.396 e. The van der Waals surface area contributed by atoms with Gasteiger partial charge in [-0.05, 0) is 30.2 Å². The fraction of sp³-hybridized carbons (Fsp3) is 0.250. The van der Waals surface area contributed by atoms with Gasteiger partial charge in [0, 0.05) is 30.4 Å². The van der Waals surface area contributed by atoms with Crippen LogP contribution in [0.25, 0.3) is 0 Å². The molecule has 0 radical (unpaired) electrons. The lowest BCUT2D eigenvalue weighted by Gasteiger charge is -2.25. The highest BCUT2D eigenvalue weighted by Gasteiger charge is 2.08. The molecule has 3 heteroatoms. The van der Waals surface area contributed by atoms with Gasteiger partial charge < -0.3 is 10.0 Å². The van der Waals surface area contributed by atoms with E-state index in [1.165, 1.54) is 0 Å². The minimum absolute atomic E-state index is 0.200. The molecule has 2 rings (SSSR count). The molecular formula is C16H18ClNO. The highest BCUT2D eigenvalue weighted by molar-refractivity contribution is 6.31. The van der Waals surface area contributed by atoms with Crippen LogP contribution in [0.1, 0.15) is 12.0 Å². The van der Waals surface area contributed by atoms with Gasteiger partial charge in [-0.25, -0.2) is 0 Å². The lowest BCUT2D eigenvalue weighted by Crippen LogP contribution is -2.24. The molecule has 0 saturated carbocycles. The number of hydrogen-bond acceptors (Lipinski definition) is 2. The summed E-state index contributed by atoms with van der Waals surface area (Å²) >= 11 is 6.21. The zero-order valence-corrected chi connectivity index (χ0v) is 11.6. The van der Waals surface area contributed by atoms with Crippen molar-refractivity contribution in [2.45, 2.75) is 13.0 Å². The fourth-order valence-corrected chi connectivity index (χ4v) is 2.23. The number of anilines is 1. The number of hydrogen-bond donors (Lipinski definition) is 1. The van der Waals surface area contributed by atoms with Gasteiger partial charge in [-0.1, -0.05) is 48.0 Å². The molecule has 0 aliphatic carbocycles. The van der Waals surface area contributed by atoms with Crippen LogP contribution >= 0.6 is 11.6 Å². The first-order valence-corrected chi connectivity index (χ1v) is 6.83. The molecule has 0 atom stereocenters. The van der Waals surface area contributed by atoms with Crippen LogP contribution in [0.3, 0.4) is 0 Å². The van der Waals surface area contributed by atoms with Crippen molar-refractivity contribution in [3.8, 4) is 0 Å². The second-order valence-electron chi connectivity index (χ2n) is 4.43. The van der Waals surface area contributed by atoms with Gasteiger partial charge in [-0.15, -0.1) is 0 Å². The molecule has 0 aromatic heterocycles. The lowest BCUT2D eigenvalue weighted by atomic mass is 10.2. The summed E-state index contributed by atoms with van der Waals surface area (Å²) < 4.78 is 0. The van der Waals surface area contributed by atoms with Crippen molar-refractivity contribution in [3.05, 3.63) is 65.2 Å². The normalized spacial score (nSPS) is 10.4. The van der Waals surface area contributed by atoms with Gasteiger partial charge in [0.25, 0.3) is 0 Å². The summed E-state index contributed by atoms with van der Waals surface area (Å²) in [5.41, 5.74) is 2.25. The average molecular weight is 276 g/mol. The largest absolute Gasteiger partial charge is 0.396 e. The van der Waals surface area contributed by atoms with Crippen LogP contribution in [0, 0.1) is 0 Å². The van der Waals surface area contributed by atoms with Crippen LogP contribution in [-0.2, 0) is 6.54 Å². The van der Waals surface area contributed by atoms with E-state index in [1.54, 1.807) is 0 Å². The van der Waals surface area contributed by atoms with Crippen LogP contribution in [0.4, 0.5) is 5.69 Å². The maximum Gasteiger partial charge on any atom is 0.0455 e. The van der Waals surface area contributed by atoms with Gasteiger partial charge >= 0.3 is 0 Å². The molecule has 0 spiro atoms. The molecular weight excluding hydrogens is 258 g/mol. The summed E-state index contributed by atoms with van der Waals surface area (Å²) in [5.74, 6) is 0.